The molecule has 0 aliphatic carbocycles. The van der Waals surface area contributed by atoms with Crippen LogP contribution in [0.4, 0.5) is 14.6 Å². The first-order chi connectivity index (χ1) is 9.51. The molecular weight excluding hydrogens is 280 g/mol. The first-order valence-electron chi connectivity index (χ1n) is 6.23. The van der Waals surface area contributed by atoms with E-state index in [2.05, 4.69) is 15.3 Å². The number of hydrogen-bond acceptors (Lipinski definition) is 4. The summed E-state index contributed by atoms with van der Waals surface area (Å²) < 4.78 is 26.6. The van der Waals surface area contributed by atoms with Crippen LogP contribution in [-0.2, 0) is 0 Å². The molecule has 3 nitrogen and oxygen atoms in total. The van der Waals surface area contributed by atoms with Gasteiger partial charge in [-0.25, -0.2) is 18.7 Å². The summed E-state index contributed by atoms with van der Waals surface area (Å²) in [5, 5.41) is 3.81. The molecule has 106 valence electrons. The van der Waals surface area contributed by atoms with Crippen LogP contribution in [0.25, 0.3) is 0 Å². The van der Waals surface area contributed by atoms with E-state index < -0.39 is 11.6 Å². The van der Waals surface area contributed by atoms with Gasteiger partial charge < -0.3 is 5.32 Å². The Morgan fingerprint density at radius 3 is 2.60 bits per heavy atom. The Morgan fingerprint density at radius 2 is 1.95 bits per heavy atom. The van der Waals surface area contributed by atoms with Crippen LogP contribution >= 0.6 is 11.8 Å². The minimum absolute atomic E-state index is 0.343. The lowest BCUT2D eigenvalue weighted by atomic mass is 10.3. The summed E-state index contributed by atoms with van der Waals surface area (Å²) in [6.45, 7) is 6.38. The number of hydrogen-bond donors (Lipinski definition) is 1. The van der Waals surface area contributed by atoms with Crippen molar-refractivity contribution in [2.45, 2.75) is 30.7 Å². The molecule has 20 heavy (non-hydrogen) atoms. The lowest BCUT2D eigenvalue weighted by Gasteiger charge is -2.11. The zero-order chi connectivity index (χ0) is 14.7. The molecule has 1 aromatic heterocycles. The molecule has 0 radical (unpaired) electrons. The van der Waals surface area contributed by atoms with Gasteiger partial charge in [0.1, 0.15) is 28.3 Å². The summed E-state index contributed by atoms with van der Waals surface area (Å²) >= 11 is 1.17. The van der Waals surface area contributed by atoms with Crippen molar-refractivity contribution in [3.8, 4) is 0 Å². The fourth-order valence-electron chi connectivity index (χ4n) is 1.70. The Hall–Kier alpha value is -1.69. The van der Waals surface area contributed by atoms with Crippen molar-refractivity contribution < 1.29 is 8.78 Å². The summed E-state index contributed by atoms with van der Waals surface area (Å²) in [4.78, 5) is 8.98. The van der Waals surface area contributed by atoms with Gasteiger partial charge in [0.25, 0.3) is 0 Å². The van der Waals surface area contributed by atoms with Gasteiger partial charge in [0.05, 0.1) is 0 Å². The fraction of sp³-hybridized carbons (Fsp3) is 0.286. The Kier molecular flexibility index (Phi) is 4.54. The van der Waals surface area contributed by atoms with E-state index in [4.69, 9.17) is 0 Å². The standard InChI is InChI=1S/C14H15F2N3S/c1-4-17-13-8(2)14(19-9(3)18-13)20-12-6-5-10(15)7-11(12)16/h5-7H,4H2,1-3H3,(H,17,18,19). The summed E-state index contributed by atoms with van der Waals surface area (Å²) in [7, 11) is 0. The molecule has 0 fully saturated rings. The molecular formula is C14H15F2N3S. The highest BCUT2D eigenvalue weighted by Gasteiger charge is 2.13. The van der Waals surface area contributed by atoms with Crippen molar-refractivity contribution in [2.24, 2.45) is 0 Å². The van der Waals surface area contributed by atoms with Crippen molar-refractivity contribution >= 4 is 17.6 Å². The third-order valence-electron chi connectivity index (χ3n) is 2.66. The van der Waals surface area contributed by atoms with Crippen molar-refractivity contribution in [3.63, 3.8) is 0 Å². The molecule has 1 N–H and O–H groups in total. The lowest BCUT2D eigenvalue weighted by Crippen LogP contribution is -2.05. The van der Waals surface area contributed by atoms with Crippen molar-refractivity contribution in [1.29, 1.82) is 0 Å². The SMILES string of the molecule is CCNc1nc(C)nc(Sc2ccc(F)cc2F)c1C. The summed E-state index contributed by atoms with van der Waals surface area (Å²) in [6.07, 6.45) is 0. The predicted molar refractivity (Wildman–Crippen MR) is 76.2 cm³/mol. The van der Waals surface area contributed by atoms with Gasteiger partial charge in [-0.15, -0.1) is 0 Å². The van der Waals surface area contributed by atoms with Gasteiger partial charge in [-0.3, -0.25) is 0 Å². The third kappa shape index (κ3) is 3.25. The van der Waals surface area contributed by atoms with Crippen LogP contribution in [0.5, 0.6) is 0 Å². The molecule has 0 amide bonds. The average molecular weight is 295 g/mol. The van der Waals surface area contributed by atoms with Crippen LogP contribution in [0.3, 0.4) is 0 Å². The molecule has 0 bridgehead atoms. The minimum atomic E-state index is -0.587. The number of nitrogens with zero attached hydrogens (tertiary/aromatic N) is 2. The van der Waals surface area contributed by atoms with E-state index in [1.165, 1.54) is 23.9 Å². The zero-order valence-electron chi connectivity index (χ0n) is 11.5. The second-order valence-electron chi connectivity index (χ2n) is 4.26. The highest BCUT2D eigenvalue weighted by atomic mass is 32.2. The van der Waals surface area contributed by atoms with Gasteiger partial charge in [0.15, 0.2) is 0 Å². The van der Waals surface area contributed by atoms with Crippen LogP contribution < -0.4 is 5.32 Å². The van der Waals surface area contributed by atoms with Gasteiger partial charge in [0.2, 0.25) is 0 Å². The lowest BCUT2D eigenvalue weighted by molar-refractivity contribution is 0.565. The van der Waals surface area contributed by atoms with Crippen LogP contribution in [0.1, 0.15) is 18.3 Å². The second-order valence-corrected chi connectivity index (χ2v) is 5.29. The maximum absolute atomic E-state index is 13.7. The van der Waals surface area contributed by atoms with Crippen LogP contribution in [0, 0.1) is 25.5 Å². The van der Waals surface area contributed by atoms with Gasteiger partial charge in [-0.05, 0) is 32.9 Å². The van der Waals surface area contributed by atoms with E-state index in [1.807, 2.05) is 13.8 Å². The fourth-order valence-corrected chi connectivity index (χ4v) is 2.63. The van der Waals surface area contributed by atoms with E-state index in [0.29, 0.717) is 15.7 Å². The number of benzene rings is 1. The molecule has 1 aromatic carbocycles. The van der Waals surface area contributed by atoms with E-state index in [0.717, 1.165) is 24.0 Å². The summed E-state index contributed by atoms with van der Waals surface area (Å²) in [5.74, 6) is 0.174. The van der Waals surface area contributed by atoms with Crippen molar-refractivity contribution in [3.05, 3.63) is 41.2 Å². The molecule has 0 spiro atoms. The normalized spacial score (nSPS) is 10.7. The van der Waals surface area contributed by atoms with Crippen LogP contribution in [0.15, 0.2) is 28.1 Å². The van der Waals surface area contributed by atoms with Crippen molar-refractivity contribution in [2.75, 3.05) is 11.9 Å². The van der Waals surface area contributed by atoms with Gasteiger partial charge in [-0.2, -0.15) is 0 Å². The Bertz CT molecular complexity index is 632. The topological polar surface area (TPSA) is 37.8 Å². The van der Waals surface area contributed by atoms with Crippen LogP contribution in [-0.4, -0.2) is 16.5 Å². The number of nitrogens with one attached hydrogen (secondary N) is 1. The third-order valence-corrected chi connectivity index (χ3v) is 3.80. The largest absolute Gasteiger partial charge is 0.370 e. The molecule has 2 aromatic rings. The number of halogens is 2. The van der Waals surface area contributed by atoms with Crippen molar-refractivity contribution in [1.82, 2.24) is 9.97 Å². The average Bonchev–Trinajstić information content (AvgIpc) is 2.38. The molecule has 0 saturated heterocycles. The van der Waals surface area contributed by atoms with Gasteiger partial charge in [-0.1, -0.05) is 11.8 Å². The van der Waals surface area contributed by atoms with Gasteiger partial charge in [0, 0.05) is 23.1 Å². The highest BCUT2D eigenvalue weighted by Crippen LogP contribution is 2.33. The summed E-state index contributed by atoms with van der Waals surface area (Å²) in [5.41, 5.74) is 0.853. The second kappa shape index (κ2) is 6.17. The molecule has 0 aliphatic heterocycles. The van der Waals surface area contributed by atoms with Gasteiger partial charge >= 0.3 is 0 Å². The zero-order valence-corrected chi connectivity index (χ0v) is 12.3. The molecule has 0 aliphatic rings. The maximum Gasteiger partial charge on any atom is 0.140 e. The Morgan fingerprint density at radius 1 is 1.20 bits per heavy atom. The Balaban J connectivity index is 2.37. The highest BCUT2D eigenvalue weighted by molar-refractivity contribution is 7.99. The monoisotopic (exact) mass is 295 g/mol. The van der Waals surface area contributed by atoms with E-state index >= 15 is 0 Å². The number of rotatable bonds is 4. The molecule has 0 unspecified atom stereocenters. The molecule has 1 heterocycles. The predicted octanol–water partition coefficient (Wildman–Crippen LogP) is 3.95. The number of aryl methyl sites for hydroxylation is 1. The van der Waals surface area contributed by atoms with E-state index in [1.54, 1.807) is 6.92 Å². The minimum Gasteiger partial charge on any atom is -0.370 e. The molecule has 6 heteroatoms. The first kappa shape index (κ1) is 14.7. The summed E-state index contributed by atoms with van der Waals surface area (Å²) in [6, 6.07) is 3.52. The number of anilines is 1. The molecule has 0 saturated carbocycles. The van der Waals surface area contributed by atoms with E-state index in [9.17, 15) is 8.78 Å². The maximum atomic E-state index is 13.7. The molecule has 0 atom stereocenters. The Labute approximate surface area is 120 Å². The van der Waals surface area contributed by atoms with Crippen LogP contribution in [0.2, 0.25) is 0 Å². The quantitative estimate of drug-likeness (QED) is 0.867. The van der Waals surface area contributed by atoms with E-state index in [-0.39, 0.29) is 0 Å². The molecule has 2 rings (SSSR count). The number of aromatic nitrogens is 2. The smallest absolute Gasteiger partial charge is 0.140 e. The first-order valence-corrected chi connectivity index (χ1v) is 7.05.